The number of rotatable bonds is 4. The van der Waals surface area contributed by atoms with Crippen LogP contribution in [0.5, 0.6) is 0 Å². The van der Waals surface area contributed by atoms with Crippen molar-refractivity contribution in [1.82, 2.24) is 9.80 Å². The smallest absolute Gasteiger partial charge is 0.236 e. The molecule has 0 aromatic heterocycles. The summed E-state index contributed by atoms with van der Waals surface area (Å²) in [7, 11) is 0. The molecule has 0 N–H and O–H groups in total. The molecule has 0 bridgehead atoms. The first-order valence-electron chi connectivity index (χ1n) is 9.39. The van der Waals surface area contributed by atoms with E-state index in [-0.39, 0.29) is 0 Å². The van der Waals surface area contributed by atoms with Gasteiger partial charge in [-0.1, -0.05) is 27.7 Å². The summed E-state index contributed by atoms with van der Waals surface area (Å²) in [6.07, 6.45) is 5.25. The zero-order valence-electron chi connectivity index (χ0n) is 15.0. The van der Waals surface area contributed by atoms with Gasteiger partial charge < -0.3 is 4.90 Å². The standard InChI is InChI=1S/C19H34N2O/c1-14(2)16-5-7-20(8-6-16)11-18(22)21-12-19(13-21)9-17(10-19)15(3)4/h14-17H,5-13H2,1-4H3. The first-order chi connectivity index (χ1) is 10.4. The Kier molecular flexibility index (Phi) is 4.55. The zero-order valence-corrected chi connectivity index (χ0v) is 15.0. The summed E-state index contributed by atoms with van der Waals surface area (Å²) in [5.41, 5.74) is 0.523. The molecular formula is C19H34N2O. The molecule has 3 rings (SSSR count). The van der Waals surface area contributed by atoms with E-state index in [9.17, 15) is 4.79 Å². The molecule has 2 heterocycles. The highest BCUT2D eigenvalue weighted by Crippen LogP contribution is 2.54. The molecule has 3 aliphatic rings. The van der Waals surface area contributed by atoms with Crippen LogP contribution in [0.15, 0.2) is 0 Å². The Morgan fingerprint density at radius 3 is 2.05 bits per heavy atom. The van der Waals surface area contributed by atoms with Gasteiger partial charge in [-0.15, -0.1) is 0 Å². The molecule has 2 saturated heterocycles. The largest absolute Gasteiger partial charge is 0.340 e. The van der Waals surface area contributed by atoms with Gasteiger partial charge in [0.15, 0.2) is 0 Å². The van der Waals surface area contributed by atoms with Crippen molar-refractivity contribution in [3.63, 3.8) is 0 Å². The third kappa shape index (κ3) is 3.20. The Hall–Kier alpha value is -0.570. The van der Waals surface area contributed by atoms with Crippen LogP contribution in [-0.4, -0.2) is 48.4 Å². The Morgan fingerprint density at radius 2 is 1.55 bits per heavy atom. The topological polar surface area (TPSA) is 23.6 Å². The number of amides is 1. The van der Waals surface area contributed by atoms with Gasteiger partial charge in [-0.05, 0) is 62.4 Å². The molecule has 1 aliphatic carbocycles. The minimum Gasteiger partial charge on any atom is -0.340 e. The number of carbonyl (C=O) groups is 1. The average Bonchev–Trinajstić information content (AvgIpc) is 2.35. The van der Waals surface area contributed by atoms with E-state index < -0.39 is 0 Å². The van der Waals surface area contributed by atoms with Crippen molar-refractivity contribution in [3.8, 4) is 0 Å². The Labute approximate surface area is 136 Å². The van der Waals surface area contributed by atoms with Gasteiger partial charge in [0.1, 0.15) is 0 Å². The molecule has 22 heavy (non-hydrogen) atoms. The fourth-order valence-electron chi connectivity index (χ4n) is 4.79. The van der Waals surface area contributed by atoms with Crippen molar-refractivity contribution < 1.29 is 4.79 Å². The van der Waals surface area contributed by atoms with Crippen molar-refractivity contribution >= 4 is 5.91 Å². The molecule has 0 aromatic carbocycles. The molecule has 1 amide bonds. The quantitative estimate of drug-likeness (QED) is 0.796. The van der Waals surface area contributed by atoms with Crippen molar-refractivity contribution in [2.24, 2.45) is 29.1 Å². The maximum absolute atomic E-state index is 12.4. The van der Waals surface area contributed by atoms with E-state index in [2.05, 4.69) is 37.5 Å². The molecule has 1 saturated carbocycles. The first kappa shape index (κ1) is 16.3. The van der Waals surface area contributed by atoms with Crippen molar-refractivity contribution in [1.29, 1.82) is 0 Å². The van der Waals surface area contributed by atoms with E-state index in [1.807, 2.05) is 0 Å². The van der Waals surface area contributed by atoms with E-state index in [4.69, 9.17) is 0 Å². The lowest BCUT2D eigenvalue weighted by molar-refractivity contribution is -0.158. The van der Waals surface area contributed by atoms with Crippen LogP contribution in [0, 0.1) is 29.1 Å². The fourth-order valence-corrected chi connectivity index (χ4v) is 4.79. The first-order valence-corrected chi connectivity index (χ1v) is 9.39. The Bertz CT molecular complexity index is 396. The summed E-state index contributed by atoms with van der Waals surface area (Å²) in [5, 5.41) is 0. The fraction of sp³-hybridized carbons (Fsp3) is 0.947. The SMILES string of the molecule is CC(C)C1CCN(CC(=O)N2CC3(CC(C(C)C)C3)C2)CC1. The van der Waals surface area contributed by atoms with E-state index in [0.29, 0.717) is 17.9 Å². The third-order valence-corrected chi connectivity index (χ3v) is 6.67. The average molecular weight is 306 g/mol. The molecule has 3 fully saturated rings. The van der Waals surface area contributed by atoms with Crippen molar-refractivity contribution in [2.75, 3.05) is 32.7 Å². The number of piperidine rings is 1. The van der Waals surface area contributed by atoms with Gasteiger partial charge in [0, 0.05) is 18.5 Å². The second kappa shape index (κ2) is 6.14. The van der Waals surface area contributed by atoms with E-state index in [0.717, 1.165) is 49.9 Å². The second-order valence-corrected chi connectivity index (χ2v) is 9.02. The minimum atomic E-state index is 0.376. The lowest BCUT2D eigenvalue weighted by Crippen LogP contribution is -2.65. The van der Waals surface area contributed by atoms with E-state index in [1.165, 1.54) is 25.7 Å². The van der Waals surface area contributed by atoms with Crippen LogP contribution in [0.3, 0.4) is 0 Å². The van der Waals surface area contributed by atoms with E-state index >= 15 is 0 Å². The molecule has 126 valence electrons. The number of likely N-dealkylation sites (tertiary alicyclic amines) is 2. The van der Waals surface area contributed by atoms with Crippen LogP contribution in [0.25, 0.3) is 0 Å². The van der Waals surface area contributed by atoms with E-state index in [1.54, 1.807) is 0 Å². The summed E-state index contributed by atoms with van der Waals surface area (Å²) >= 11 is 0. The van der Waals surface area contributed by atoms with Gasteiger partial charge in [0.25, 0.3) is 0 Å². The molecule has 3 heteroatoms. The summed E-state index contributed by atoms with van der Waals surface area (Å²) in [5.74, 6) is 3.76. The predicted molar refractivity (Wildman–Crippen MR) is 90.6 cm³/mol. The Balaban J connectivity index is 1.37. The van der Waals surface area contributed by atoms with Gasteiger partial charge in [0.2, 0.25) is 5.91 Å². The van der Waals surface area contributed by atoms with Crippen molar-refractivity contribution in [2.45, 2.75) is 53.4 Å². The van der Waals surface area contributed by atoms with Gasteiger partial charge >= 0.3 is 0 Å². The maximum Gasteiger partial charge on any atom is 0.236 e. The lowest BCUT2D eigenvalue weighted by Gasteiger charge is -2.60. The monoisotopic (exact) mass is 306 g/mol. The van der Waals surface area contributed by atoms with Gasteiger partial charge in [0.05, 0.1) is 6.54 Å². The van der Waals surface area contributed by atoms with Crippen LogP contribution in [-0.2, 0) is 4.79 Å². The third-order valence-electron chi connectivity index (χ3n) is 6.67. The molecule has 0 radical (unpaired) electrons. The highest BCUT2D eigenvalue weighted by Gasteiger charge is 2.53. The van der Waals surface area contributed by atoms with Crippen LogP contribution in [0.2, 0.25) is 0 Å². The number of hydrogen-bond donors (Lipinski definition) is 0. The number of carbonyl (C=O) groups excluding carboxylic acids is 1. The van der Waals surface area contributed by atoms with Gasteiger partial charge in [-0.25, -0.2) is 0 Å². The Morgan fingerprint density at radius 1 is 1.00 bits per heavy atom. The number of nitrogens with zero attached hydrogens (tertiary/aromatic N) is 2. The summed E-state index contributed by atoms with van der Waals surface area (Å²) < 4.78 is 0. The molecule has 0 unspecified atom stereocenters. The number of hydrogen-bond acceptors (Lipinski definition) is 2. The summed E-state index contributed by atoms with van der Waals surface area (Å²) in [4.78, 5) is 16.9. The van der Waals surface area contributed by atoms with Crippen LogP contribution >= 0.6 is 0 Å². The maximum atomic E-state index is 12.4. The molecule has 3 nitrogen and oxygen atoms in total. The van der Waals surface area contributed by atoms with Crippen LogP contribution < -0.4 is 0 Å². The van der Waals surface area contributed by atoms with Crippen LogP contribution in [0.1, 0.15) is 53.4 Å². The molecule has 0 atom stereocenters. The highest BCUT2D eigenvalue weighted by molar-refractivity contribution is 5.79. The minimum absolute atomic E-state index is 0.376. The van der Waals surface area contributed by atoms with Crippen LogP contribution in [0.4, 0.5) is 0 Å². The summed E-state index contributed by atoms with van der Waals surface area (Å²) in [6.45, 7) is 14.3. The van der Waals surface area contributed by atoms with Gasteiger partial charge in [-0.2, -0.15) is 0 Å². The normalized spacial score (nSPS) is 26.5. The lowest BCUT2D eigenvalue weighted by atomic mass is 9.55. The highest BCUT2D eigenvalue weighted by atomic mass is 16.2. The predicted octanol–water partition coefficient (Wildman–Crippen LogP) is 3.25. The molecular weight excluding hydrogens is 272 g/mol. The van der Waals surface area contributed by atoms with Crippen molar-refractivity contribution in [3.05, 3.63) is 0 Å². The molecule has 2 aliphatic heterocycles. The molecule has 0 aromatic rings. The zero-order chi connectivity index (χ0) is 15.9. The van der Waals surface area contributed by atoms with Gasteiger partial charge in [-0.3, -0.25) is 9.69 Å². The second-order valence-electron chi connectivity index (χ2n) is 9.02. The summed E-state index contributed by atoms with van der Waals surface area (Å²) in [6, 6.07) is 0. The molecule has 1 spiro atoms.